The monoisotopic (exact) mass is 282 g/mol. The average Bonchev–Trinajstić information content (AvgIpc) is 2.77. The first kappa shape index (κ1) is 9.80. The van der Waals surface area contributed by atoms with Gasteiger partial charge in [-0.1, -0.05) is 6.07 Å². The Labute approximate surface area is 98.4 Å². The maximum Gasteiger partial charge on any atom is 0.213 e. The van der Waals surface area contributed by atoms with E-state index in [0.717, 1.165) is 15.8 Å². The largest absolute Gasteiger partial charge is 0.325 e. The van der Waals surface area contributed by atoms with Gasteiger partial charge in [0.1, 0.15) is 10.1 Å². The van der Waals surface area contributed by atoms with Crippen LogP contribution >= 0.6 is 15.9 Å². The Hall–Kier alpha value is -1.40. The van der Waals surface area contributed by atoms with Gasteiger partial charge in [-0.2, -0.15) is 0 Å². The molecule has 0 amide bonds. The number of hydrogen-bond acceptors (Lipinski definition) is 2. The van der Waals surface area contributed by atoms with E-state index in [1.165, 1.54) is 6.07 Å². The van der Waals surface area contributed by atoms with E-state index in [4.69, 9.17) is 5.73 Å². The maximum absolute atomic E-state index is 13.5. The molecule has 0 saturated carbocycles. The predicted octanol–water partition coefficient (Wildman–Crippen LogP) is 2.18. The van der Waals surface area contributed by atoms with E-state index in [2.05, 4.69) is 25.9 Å². The lowest BCUT2D eigenvalue weighted by atomic mass is 10.3. The number of H-pyrrole nitrogens is 1. The van der Waals surface area contributed by atoms with Crippen LogP contribution in [0.4, 0.5) is 4.39 Å². The van der Waals surface area contributed by atoms with Gasteiger partial charge in [-0.3, -0.25) is 4.40 Å². The maximum atomic E-state index is 13.5. The van der Waals surface area contributed by atoms with Crippen molar-refractivity contribution in [2.45, 2.75) is 6.54 Å². The second-order valence-electron chi connectivity index (χ2n) is 3.48. The Morgan fingerprint density at radius 1 is 1.50 bits per heavy atom. The molecule has 2 heterocycles. The van der Waals surface area contributed by atoms with E-state index < -0.39 is 0 Å². The zero-order chi connectivity index (χ0) is 11.3. The molecule has 0 aliphatic rings. The Morgan fingerprint density at radius 2 is 2.31 bits per heavy atom. The minimum absolute atomic E-state index is 0.323. The molecule has 3 aromatic rings. The van der Waals surface area contributed by atoms with E-state index in [1.807, 2.05) is 6.07 Å². The van der Waals surface area contributed by atoms with Gasteiger partial charge in [0.05, 0.1) is 11.2 Å². The van der Waals surface area contributed by atoms with Crippen molar-refractivity contribution in [2.24, 2.45) is 5.73 Å². The van der Waals surface area contributed by atoms with E-state index in [-0.39, 0.29) is 5.82 Å². The lowest BCUT2D eigenvalue weighted by molar-refractivity contribution is 0.637. The molecule has 16 heavy (non-hydrogen) atoms. The van der Waals surface area contributed by atoms with Crippen LogP contribution in [-0.4, -0.2) is 14.4 Å². The molecular weight excluding hydrogens is 275 g/mol. The van der Waals surface area contributed by atoms with E-state index in [9.17, 15) is 4.39 Å². The van der Waals surface area contributed by atoms with E-state index >= 15 is 0 Å². The van der Waals surface area contributed by atoms with E-state index in [0.29, 0.717) is 17.8 Å². The molecule has 6 heteroatoms. The third-order valence-corrected chi connectivity index (χ3v) is 3.38. The molecule has 0 atom stereocenters. The van der Waals surface area contributed by atoms with Crippen LogP contribution in [-0.2, 0) is 6.54 Å². The zero-order valence-corrected chi connectivity index (χ0v) is 9.75. The van der Waals surface area contributed by atoms with Crippen LogP contribution in [0.25, 0.3) is 16.8 Å². The quantitative estimate of drug-likeness (QED) is 0.719. The number of benzene rings is 1. The lowest BCUT2D eigenvalue weighted by Crippen LogP contribution is -1.97. The summed E-state index contributed by atoms with van der Waals surface area (Å²) in [5, 5.41) is 0. The fraction of sp³-hybridized carbons (Fsp3) is 0.100. The number of para-hydroxylation sites is 1. The van der Waals surface area contributed by atoms with Gasteiger partial charge >= 0.3 is 0 Å². The van der Waals surface area contributed by atoms with E-state index in [1.54, 1.807) is 10.5 Å². The van der Waals surface area contributed by atoms with Crippen molar-refractivity contribution >= 4 is 32.7 Å². The van der Waals surface area contributed by atoms with Crippen LogP contribution in [0.5, 0.6) is 0 Å². The van der Waals surface area contributed by atoms with Gasteiger partial charge < -0.3 is 10.7 Å². The molecule has 3 rings (SSSR count). The summed E-state index contributed by atoms with van der Waals surface area (Å²) in [6, 6.07) is 4.87. The number of aromatic amines is 1. The number of nitrogens with two attached hydrogens (primary N) is 1. The first-order valence-corrected chi connectivity index (χ1v) is 5.54. The van der Waals surface area contributed by atoms with Crippen LogP contribution in [0.1, 0.15) is 5.69 Å². The van der Waals surface area contributed by atoms with Gasteiger partial charge in [-0.25, -0.2) is 9.37 Å². The molecule has 1 aromatic carbocycles. The number of hydrogen-bond donors (Lipinski definition) is 2. The van der Waals surface area contributed by atoms with Crippen LogP contribution < -0.4 is 5.73 Å². The highest BCUT2D eigenvalue weighted by Crippen LogP contribution is 2.25. The number of imidazole rings is 2. The van der Waals surface area contributed by atoms with Crippen molar-refractivity contribution in [1.82, 2.24) is 14.4 Å². The van der Waals surface area contributed by atoms with Crippen molar-refractivity contribution in [1.29, 1.82) is 0 Å². The molecular formula is C10H8BrFN4. The van der Waals surface area contributed by atoms with Crippen LogP contribution in [0, 0.1) is 5.82 Å². The molecule has 0 unspecified atom stereocenters. The van der Waals surface area contributed by atoms with Crippen molar-refractivity contribution in [2.75, 3.05) is 0 Å². The molecule has 4 nitrogen and oxygen atoms in total. The molecule has 0 aliphatic heterocycles. The minimum Gasteiger partial charge on any atom is -0.325 e. The van der Waals surface area contributed by atoms with Gasteiger partial charge in [0.2, 0.25) is 5.78 Å². The molecule has 2 aromatic heterocycles. The lowest BCUT2D eigenvalue weighted by Gasteiger charge is -1.95. The summed E-state index contributed by atoms with van der Waals surface area (Å²) in [4.78, 5) is 7.23. The van der Waals surface area contributed by atoms with Crippen LogP contribution in [0.15, 0.2) is 22.8 Å². The molecule has 3 N–H and O–H groups in total. The highest BCUT2D eigenvalue weighted by Gasteiger charge is 2.14. The Morgan fingerprint density at radius 3 is 3.06 bits per heavy atom. The Kier molecular flexibility index (Phi) is 2.02. The van der Waals surface area contributed by atoms with Gasteiger partial charge in [-0.15, -0.1) is 0 Å². The number of aromatic nitrogens is 3. The first-order chi connectivity index (χ1) is 7.72. The first-order valence-electron chi connectivity index (χ1n) is 4.75. The van der Waals surface area contributed by atoms with Gasteiger partial charge in [0.25, 0.3) is 0 Å². The molecule has 0 aliphatic carbocycles. The van der Waals surface area contributed by atoms with Gasteiger partial charge in [0.15, 0.2) is 5.82 Å². The van der Waals surface area contributed by atoms with Crippen molar-refractivity contribution in [3.05, 3.63) is 34.3 Å². The molecule has 0 fully saturated rings. The van der Waals surface area contributed by atoms with Crippen LogP contribution in [0.2, 0.25) is 0 Å². The van der Waals surface area contributed by atoms with Gasteiger partial charge in [0, 0.05) is 6.54 Å². The Bertz CT molecular complexity index is 685. The highest BCUT2D eigenvalue weighted by atomic mass is 79.9. The van der Waals surface area contributed by atoms with Crippen molar-refractivity contribution in [3.8, 4) is 0 Å². The smallest absolute Gasteiger partial charge is 0.213 e. The normalized spacial score (nSPS) is 11.7. The van der Waals surface area contributed by atoms with Crippen molar-refractivity contribution in [3.63, 3.8) is 0 Å². The topological polar surface area (TPSA) is 59.1 Å². The average molecular weight is 283 g/mol. The second kappa shape index (κ2) is 3.29. The standard InChI is InChI=1S/C10H8BrFN4/c11-9-6(4-13)14-10-15-8-5(12)2-1-3-7(8)16(9)10/h1-3H,4,13H2,(H,14,15). The third kappa shape index (κ3) is 1.14. The summed E-state index contributed by atoms with van der Waals surface area (Å²) in [5.41, 5.74) is 7.49. The number of fused-ring (bicyclic) bond motifs is 3. The molecule has 82 valence electrons. The van der Waals surface area contributed by atoms with Crippen molar-refractivity contribution < 1.29 is 4.39 Å². The summed E-state index contributed by atoms with van der Waals surface area (Å²) in [6.07, 6.45) is 0. The summed E-state index contributed by atoms with van der Waals surface area (Å²) < 4.78 is 16.1. The van der Waals surface area contributed by atoms with Crippen LogP contribution in [0.3, 0.4) is 0 Å². The highest BCUT2D eigenvalue weighted by molar-refractivity contribution is 9.10. The number of nitrogens with zero attached hydrogens (tertiary/aromatic N) is 2. The summed E-state index contributed by atoms with van der Waals surface area (Å²) in [7, 11) is 0. The SMILES string of the molecule is NCc1[nH]c2nc3c(F)cccc3n2c1Br. The number of halogens is 2. The molecule has 0 bridgehead atoms. The summed E-state index contributed by atoms with van der Waals surface area (Å²) in [5.74, 6) is 0.267. The predicted molar refractivity (Wildman–Crippen MR) is 62.6 cm³/mol. The third-order valence-electron chi connectivity index (χ3n) is 2.55. The molecule has 0 saturated heterocycles. The molecule has 0 radical (unpaired) electrons. The zero-order valence-electron chi connectivity index (χ0n) is 8.17. The molecule has 0 spiro atoms. The van der Waals surface area contributed by atoms with Gasteiger partial charge in [-0.05, 0) is 28.1 Å². The fourth-order valence-electron chi connectivity index (χ4n) is 1.80. The fourth-order valence-corrected chi connectivity index (χ4v) is 2.42. The summed E-state index contributed by atoms with van der Waals surface area (Å²) in [6.45, 7) is 0.376. The Balaban J connectivity index is 2.51. The number of rotatable bonds is 1. The minimum atomic E-state index is -0.323. The summed E-state index contributed by atoms with van der Waals surface area (Å²) >= 11 is 3.43. The second-order valence-corrected chi connectivity index (χ2v) is 4.23. The number of nitrogens with one attached hydrogen (secondary N) is 1.